The molecule has 0 aliphatic heterocycles. The summed E-state index contributed by atoms with van der Waals surface area (Å²) in [6.45, 7) is 2.29. The van der Waals surface area contributed by atoms with Gasteiger partial charge in [0, 0.05) is 24.8 Å². The van der Waals surface area contributed by atoms with Gasteiger partial charge in [-0.2, -0.15) is 0 Å². The van der Waals surface area contributed by atoms with Gasteiger partial charge in [-0.3, -0.25) is 4.79 Å². The van der Waals surface area contributed by atoms with Gasteiger partial charge in [0.15, 0.2) is 0 Å². The van der Waals surface area contributed by atoms with E-state index < -0.39 is 0 Å². The van der Waals surface area contributed by atoms with E-state index in [4.69, 9.17) is 0 Å². The van der Waals surface area contributed by atoms with E-state index in [0.29, 0.717) is 16.2 Å². The first kappa shape index (κ1) is 13.5. The fourth-order valence-electron chi connectivity index (χ4n) is 2.53. The van der Waals surface area contributed by atoms with Crippen molar-refractivity contribution < 1.29 is 4.79 Å². The summed E-state index contributed by atoms with van der Waals surface area (Å²) in [7, 11) is 1.91. The first-order valence-electron chi connectivity index (χ1n) is 6.46. The maximum atomic E-state index is 12.4. The number of carbonyl (C=O) groups is 1. The predicted octanol–water partition coefficient (Wildman–Crippen LogP) is 3.49. The summed E-state index contributed by atoms with van der Waals surface area (Å²) in [5.74, 6) is 0.900. The first-order valence-corrected chi connectivity index (χ1v) is 7.26. The SMILES string of the molecule is CC1CCC(N(C)C(=O)c2ccnc(Br)c2)CC1. The van der Waals surface area contributed by atoms with E-state index in [9.17, 15) is 4.79 Å². The molecule has 0 bridgehead atoms. The summed E-state index contributed by atoms with van der Waals surface area (Å²) in [5.41, 5.74) is 0.706. The molecule has 0 saturated heterocycles. The molecule has 98 valence electrons. The molecule has 1 fully saturated rings. The van der Waals surface area contributed by atoms with Gasteiger partial charge in [-0.05, 0) is 59.7 Å². The normalized spacial score (nSPS) is 23.7. The summed E-state index contributed by atoms with van der Waals surface area (Å²) in [6.07, 6.45) is 6.35. The van der Waals surface area contributed by atoms with E-state index in [1.54, 1.807) is 18.3 Å². The molecule has 0 unspecified atom stereocenters. The van der Waals surface area contributed by atoms with Gasteiger partial charge in [-0.1, -0.05) is 6.92 Å². The Bertz CT molecular complexity index is 428. The van der Waals surface area contributed by atoms with Crippen LogP contribution in [0.4, 0.5) is 0 Å². The maximum Gasteiger partial charge on any atom is 0.253 e. The number of carbonyl (C=O) groups excluding carboxylic acids is 1. The third kappa shape index (κ3) is 3.10. The Morgan fingerprint density at radius 2 is 2.06 bits per heavy atom. The minimum absolute atomic E-state index is 0.0950. The zero-order valence-electron chi connectivity index (χ0n) is 10.9. The van der Waals surface area contributed by atoms with Crippen LogP contribution in [-0.4, -0.2) is 28.9 Å². The fourth-order valence-corrected chi connectivity index (χ4v) is 2.90. The molecule has 1 aliphatic carbocycles. The number of amides is 1. The van der Waals surface area contributed by atoms with Crippen molar-refractivity contribution in [2.45, 2.75) is 38.6 Å². The lowest BCUT2D eigenvalue weighted by Crippen LogP contribution is -2.39. The van der Waals surface area contributed by atoms with Crippen LogP contribution in [0.5, 0.6) is 0 Å². The molecule has 1 amide bonds. The van der Waals surface area contributed by atoms with Crippen molar-refractivity contribution in [1.82, 2.24) is 9.88 Å². The van der Waals surface area contributed by atoms with Gasteiger partial charge < -0.3 is 4.90 Å². The van der Waals surface area contributed by atoms with Gasteiger partial charge in [0.05, 0.1) is 0 Å². The third-order valence-electron chi connectivity index (χ3n) is 3.83. The van der Waals surface area contributed by atoms with E-state index in [2.05, 4.69) is 27.8 Å². The third-order valence-corrected chi connectivity index (χ3v) is 4.26. The highest BCUT2D eigenvalue weighted by Crippen LogP contribution is 2.27. The van der Waals surface area contributed by atoms with Crippen molar-refractivity contribution in [3.8, 4) is 0 Å². The smallest absolute Gasteiger partial charge is 0.253 e. The highest BCUT2D eigenvalue weighted by Gasteiger charge is 2.25. The Morgan fingerprint density at radius 3 is 2.67 bits per heavy atom. The second-order valence-electron chi connectivity index (χ2n) is 5.20. The topological polar surface area (TPSA) is 33.2 Å². The van der Waals surface area contributed by atoms with Crippen molar-refractivity contribution in [1.29, 1.82) is 0 Å². The Hall–Kier alpha value is -0.900. The van der Waals surface area contributed by atoms with Crippen LogP contribution in [0.15, 0.2) is 22.9 Å². The summed E-state index contributed by atoms with van der Waals surface area (Å²) >= 11 is 3.30. The molecule has 0 aromatic carbocycles. The number of nitrogens with zero attached hydrogens (tertiary/aromatic N) is 2. The molecule has 1 aromatic heterocycles. The lowest BCUT2D eigenvalue weighted by molar-refractivity contribution is 0.0679. The molecule has 0 spiro atoms. The van der Waals surface area contributed by atoms with Gasteiger partial charge in [-0.25, -0.2) is 4.98 Å². The number of pyridine rings is 1. The zero-order valence-corrected chi connectivity index (χ0v) is 12.5. The summed E-state index contributed by atoms with van der Waals surface area (Å²) in [4.78, 5) is 18.3. The predicted molar refractivity (Wildman–Crippen MR) is 75.5 cm³/mol. The van der Waals surface area contributed by atoms with Crippen LogP contribution in [-0.2, 0) is 0 Å². The summed E-state index contributed by atoms with van der Waals surface area (Å²) in [5, 5.41) is 0. The van der Waals surface area contributed by atoms with E-state index in [0.717, 1.165) is 18.8 Å². The quantitative estimate of drug-likeness (QED) is 0.783. The number of aromatic nitrogens is 1. The second-order valence-corrected chi connectivity index (χ2v) is 6.01. The van der Waals surface area contributed by atoms with Gasteiger partial charge in [0.25, 0.3) is 5.91 Å². The number of rotatable bonds is 2. The monoisotopic (exact) mass is 310 g/mol. The molecule has 0 radical (unpaired) electrons. The highest BCUT2D eigenvalue weighted by atomic mass is 79.9. The summed E-state index contributed by atoms with van der Waals surface area (Å²) in [6, 6.07) is 3.94. The molecule has 1 aromatic rings. The van der Waals surface area contributed by atoms with Crippen LogP contribution in [0.3, 0.4) is 0 Å². The molecular formula is C14H19BrN2O. The Labute approximate surface area is 117 Å². The van der Waals surface area contributed by atoms with Crippen LogP contribution in [0.25, 0.3) is 0 Å². The minimum atomic E-state index is 0.0950. The van der Waals surface area contributed by atoms with Crippen molar-refractivity contribution in [3.63, 3.8) is 0 Å². The van der Waals surface area contributed by atoms with Gasteiger partial charge >= 0.3 is 0 Å². The van der Waals surface area contributed by atoms with Crippen LogP contribution in [0.2, 0.25) is 0 Å². The number of hydrogen-bond acceptors (Lipinski definition) is 2. The average Bonchev–Trinajstić information content (AvgIpc) is 2.38. The molecule has 18 heavy (non-hydrogen) atoms. The largest absolute Gasteiger partial charge is 0.339 e. The molecule has 1 heterocycles. The molecule has 1 aliphatic rings. The molecule has 0 atom stereocenters. The Balaban J connectivity index is 2.04. The zero-order chi connectivity index (χ0) is 13.1. The van der Waals surface area contributed by atoms with Crippen molar-refractivity contribution >= 4 is 21.8 Å². The van der Waals surface area contributed by atoms with Crippen LogP contribution >= 0.6 is 15.9 Å². The fraction of sp³-hybridized carbons (Fsp3) is 0.571. The van der Waals surface area contributed by atoms with E-state index in [1.165, 1.54) is 12.8 Å². The average molecular weight is 311 g/mol. The molecular weight excluding hydrogens is 292 g/mol. The van der Waals surface area contributed by atoms with Gasteiger partial charge in [-0.15, -0.1) is 0 Å². The first-order chi connectivity index (χ1) is 8.58. The number of halogens is 1. The molecule has 4 heteroatoms. The van der Waals surface area contributed by atoms with E-state index >= 15 is 0 Å². The lowest BCUT2D eigenvalue weighted by Gasteiger charge is -2.33. The lowest BCUT2D eigenvalue weighted by atomic mass is 9.86. The maximum absolute atomic E-state index is 12.4. The molecule has 0 N–H and O–H groups in total. The van der Waals surface area contributed by atoms with Crippen molar-refractivity contribution in [2.24, 2.45) is 5.92 Å². The van der Waals surface area contributed by atoms with Crippen LogP contribution < -0.4 is 0 Å². The van der Waals surface area contributed by atoms with Crippen LogP contribution in [0, 0.1) is 5.92 Å². The minimum Gasteiger partial charge on any atom is -0.339 e. The highest BCUT2D eigenvalue weighted by molar-refractivity contribution is 9.10. The molecule has 1 saturated carbocycles. The summed E-state index contributed by atoms with van der Waals surface area (Å²) < 4.78 is 0.707. The number of hydrogen-bond donors (Lipinski definition) is 0. The Morgan fingerprint density at radius 1 is 1.39 bits per heavy atom. The van der Waals surface area contributed by atoms with Gasteiger partial charge in [0.1, 0.15) is 4.60 Å². The van der Waals surface area contributed by atoms with Crippen molar-refractivity contribution in [3.05, 3.63) is 28.5 Å². The second kappa shape index (κ2) is 5.83. The van der Waals surface area contributed by atoms with E-state index in [-0.39, 0.29) is 5.91 Å². The van der Waals surface area contributed by atoms with Crippen molar-refractivity contribution in [2.75, 3.05) is 7.05 Å². The standard InChI is InChI=1S/C14H19BrN2O/c1-10-3-5-12(6-4-10)17(2)14(18)11-7-8-16-13(15)9-11/h7-10,12H,3-6H2,1-2H3. The van der Waals surface area contributed by atoms with E-state index in [1.807, 2.05) is 11.9 Å². The molecule has 3 nitrogen and oxygen atoms in total. The Kier molecular flexibility index (Phi) is 4.38. The van der Waals surface area contributed by atoms with Gasteiger partial charge in [0.2, 0.25) is 0 Å². The van der Waals surface area contributed by atoms with Crippen LogP contribution in [0.1, 0.15) is 43.0 Å². The molecule has 2 rings (SSSR count).